The van der Waals surface area contributed by atoms with Crippen LogP contribution in [0, 0.1) is 0 Å². The Morgan fingerprint density at radius 2 is 2.00 bits per heavy atom. The van der Waals surface area contributed by atoms with E-state index in [1.807, 2.05) is 12.1 Å². The average molecular weight is 256 g/mol. The first kappa shape index (κ1) is 12.7. The smallest absolute Gasteiger partial charge is 0.138 e. The number of aliphatic hydroxyl groups is 1. The summed E-state index contributed by atoms with van der Waals surface area (Å²) in [5, 5.41) is 23.0. The largest absolute Gasteiger partial charge is 0.506 e. The molecule has 1 fully saturated rings. The molecule has 94 valence electrons. The maximum Gasteiger partial charge on any atom is 0.138 e. The van der Waals surface area contributed by atoms with E-state index >= 15 is 0 Å². The van der Waals surface area contributed by atoms with Gasteiger partial charge in [0.15, 0.2) is 0 Å². The lowest BCUT2D eigenvalue weighted by molar-refractivity contribution is 0.162. The van der Waals surface area contributed by atoms with E-state index < -0.39 is 0 Å². The molecule has 0 saturated heterocycles. The number of nitrogens with one attached hydrogen (secondary N) is 1. The van der Waals surface area contributed by atoms with E-state index in [1.165, 1.54) is 0 Å². The molecule has 0 spiro atoms. The average Bonchev–Trinajstić information content (AvgIpc) is 2.81. The molecule has 1 aromatic carbocycles. The third-order valence-electron chi connectivity index (χ3n) is 3.59. The van der Waals surface area contributed by atoms with E-state index in [9.17, 15) is 10.2 Å². The molecule has 1 aliphatic carbocycles. The lowest BCUT2D eigenvalue weighted by atomic mass is 9.98. The standard InChI is InChI=1S/C13H18ClNO2/c14-11-5-3-4-10(12(11)17)8-15-13(9-16)6-1-2-7-13/h3-5,15-17H,1-2,6-9H2. The van der Waals surface area contributed by atoms with Crippen molar-refractivity contribution in [2.45, 2.75) is 37.8 Å². The van der Waals surface area contributed by atoms with Gasteiger partial charge < -0.3 is 15.5 Å². The van der Waals surface area contributed by atoms with Crippen LogP contribution >= 0.6 is 11.6 Å². The quantitative estimate of drug-likeness (QED) is 0.775. The number of phenols is 1. The fraction of sp³-hybridized carbons (Fsp3) is 0.538. The van der Waals surface area contributed by atoms with Crippen LogP contribution in [0.1, 0.15) is 31.2 Å². The Bertz CT molecular complexity index is 389. The summed E-state index contributed by atoms with van der Waals surface area (Å²) in [6.45, 7) is 0.682. The van der Waals surface area contributed by atoms with Gasteiger partial charge in [0.25, 0.3) is 0 Å². The molecule has 0 aliphatic heterocycles. The van der Waals surface area contributed by atoms with Gasteiger partial charge in [-0.25, -0.2) is 0 Å². The summed E-state index contributed by atoms with van der Waals surface area (Å²) in [7, 11) is 0. The highest BCUT2D eigenvalue weighted by Gasteiger charge is 2.32. The molecule has 0 aromatic heterocycles. The zero-order valence-electron chi connectivity index (χ0n) is 9.75. The molecule has 4 heteroatoms. The zero-order chi connectivity index (χ0) is 12.3. The summed E-state index contributed by atoms with van der Waals surface area (Å²) < 4.78 is 0. The van der Waals surface area contributed by atoms with Gasteiger partial charge in [0.1, 0.15) is 5.75 Å². The van der Waals surface area contributed by atoms with Crippen LogP contribution in [0.15, 0.2) is 18.2 Å². The normalized spacial score (nSPS) is 18.5. The van der Waals surface area contributed by atoms with Crippen LogP contribution in [0.3, 0.4) is 0 Å². The zero-order valence-corrected chi connectivity index (χ0v) is 10.5. The number of para-hydroxylation sites is 1. The Morgan fingerprint density at radius 1 is 1.29 bits per heavy atom. The minimum Gasteiger partial charge on any atom is -0.506 e. The van der Waals surface area contributed by atoms with Gasteiger partial charge in [0.2, 0.25) is 0 Å². The highest BCUT2D eigenvalue weighted by Crippen LogP contribution is 2.31. The van der Waals surface area contributed by atoms with Gasteiger partial charge in [0.05, 0.1) is 11.6 Å². The number of phenolic OH excluding ortho intramolecular Hbond substituents is 1. The molecule has 0 unspecified atom stereocenters. The minimum absolute atomic E-state index is 0.132. The van der Waals surface area contributed by atoms with Gasteiger partial charge in [-0.1, -0.05) is 36.6 Å². The van der Waals surface area contributed by atoms with Crippen LogP contribution in [0.5, 0.6) is 5.75 Å². The van der Waals surface area contributed by atoms with Crippen LogP contribution in [-0.2, 0) is 6.54 Å². The van der Waals surface area contributed by atoms with Gasteiger partial charge >= 0.3 is 0 Å². The van der Waals surface area contributed by atoms with Crippen LogP contribution in [-0.4, -0.2) is 22.4 Å². The van der Waals surface area contributed by atoms with Crippen LogP contribution in [0.2, 0.25) is 5.02 Å². The molecule has 1 aliphatic rings. The molecule has 0 amide bonds. The summed E-state index contributed by atoms with van der Waals surface area (Å²) in [6, 6.07) is 5.32. The van der Waals surface area contributed by atoms with Gasteiger partial charge in [0, 0.05) is 17.6 Å². The summed E-state index contributed by atoms with van der Waals surface area (Å²) >= 11 is 5.85. The lowest BCUT2D eigenvalue weighted by Crippen LogP contribution is -2.45. The maximum atomic E-state index is 9.79. The van der Waals surface area contributed by atoms with Crippen molar-refractivity contribution in [2.75, 3.05) is 6.61 Å². The van der Waals surface area contributed by atoms with E-state index in [-0.39, 0.29) is 17.9 Å². The van der Waals surface area contributed by atoms with E-state index in [0.29, 0.717) is 11.6 Å². The Hall–Kier alpha value is -0.770. The van der Waals surface area contributed by atoms with E-state index in [1.54, 1.807) is 6.07 Å². The monoisotopic (exact) mass is 255 g/mol. The van der Waals surface area contributed by atoms with Gasteiger partial charge in [-0.3, -0.25) is 0 Å². The second-order valence-electron chi connectivity index (χ2n) is 4.75. The highest BCUT2D eigenvalue weighted by molar-refractivity contribution is 6.32. The van der Waals surface area contributed by atoms with E-state index in [0.717, 1.165) is 31.2 Å². The van der Waals surface area contributed by atoms with Crippen molar-refractivity contribution in [2.24, 2.45) is 0 Å². The van der Waals surface area contributed by atoms with Crippen molar-refractivity contribution < 1.29 is 10.2 Å². The third kappa shape index (κ3) is 2.73. The molecular formula is C13H18ClNO2. The predicted octanol–water partition coefficient (Wildman–Crippen LogP) is 2.44. The topological polar surface area (TPSA) is 52.5 Å². The summed E-state index contributed by atoms with van der Waals surface area (Å²) in [5.74, 6) is 0.132. The molecule has 0 bridgehead atoms. The Kier molecular flexibility index (Phi) is 3.92. The molecule has 3 nitrogen and oxygen atoms in total. The molecule has 0 radical (unpaired) electrons. The van der Waals surface area contributed by atoms with Crippen LogP contribution in [0.25, 0.3) is 0 Å². The van der Waals surface area contributed by atoms with Crippen molar-refractivity contribution in [3.63, 3.8) is 0 Å². The molecule has 1 saturated carbocycles. The number of aliphatic hydroxyl groups excluding tert-OH is 1. The van der Waals surface area contributed by atoms with E-state index in [2.05, 4.69) is 5.32 Å². The van der Waals surface area contributed by atoms with Crippen LogP contribution in [0.4, 0.5) is 0 Å². The Morgan fingerprint density at radius 3 is 2.65 bits per heavy atom. The molecule has 1 aromatic rings. The first-order valence-electron chi connectivity index (χ1n) is 5.99. The maximum absolute atomic E-state index is 9.79. The molecule has 3 N–H and O–H groups in total. The summed E-state index contributed by atoms with van der Waals surface area (Å²) in [6.07, 6.45) is 4.28. The highest BCUT2D eigenvalue weighted by atomic mass is 35.5. The van der Waals surface area contributed by atoms with Gasteiger partial charge in [-0.2, -0.15) is 0 Å². The number of hydrogen-bond acceptors (Lipinski definition) is 3. The second-order valence-corrected chi connectivity index (χ2v) is 5.15. The minimum atomic E-state index is -0.172. The van der Waals surface area contributed by atoms with E-state index in [4.69, 9.17) is 11.6 Å². The fourth-order valence-corrected chi connectivity index (χ4v) is 2.62. The Balaban J connectivity index is 2.04. The SMILES string of the molecule is OCC1(NCc2cccc(Cl)c2O)CCCC1. The van der Waals surface area contributed by atoms with Crippen molar-refractivity contribution in [1.82, 2.24) is 5.32 Å². The van der Waals surface area contributed by atoms with Gasteiger partial charge in [-0.05, 0) is 18.9 Å². The molecule has 0 heterocycles. The number of halogens is 1. The first-order chi connectivity index (χ1) is 8.17. The first-order valence-corrected chi connectivity index (χ1v) is 6.37. The molecule has 2 rings (SSSR count). The molecule has 0 atom stereocenters. The van der Waals surface area contributed by atoms with Crippen molar-refractivity contribution in [3.8, 4) is 5.75 Å². The third-order valence-corrected chi connectivity index (χ3v) is 3.89. The molecule has 17 heavy (non-hydrogen) atoms. The van der Waals surface area contributed by atoms with Crippen LogP contribution < -0.4 is 5.32 Å². The fourth-order valence-electron chi connectivity index (χ4n) is 2.43. The van der Waals surface area contributed by atoms with Crippen molar-refractivity contribution >= 4 is 11.6 Å². The predicted molar refractivity (Wildman–Crippen MR) is 68.2 cm³/mol. The Labute approximate surface area is 106 Å². The number of hydrogen-bond donors (Lipinski definition) is 3. The van der Waals surface area contributed by atoms with Crippen molar-refractivity contribution in [1.29, 1.82) is 0 Å². The number of benzene rings is 1. The molecular weight excluding hydrogens is 238 g/mol. The number of rotatable bonds is 4. The second kappa shape index (κ2) is 5.25. The van der Waals surface area contributed by atoms with Gasteiger partial charge in [-0.15, -0.1) is 0 Å². The lowest BCUT2D eigenvalue weighted by Gasteiger charge is -2.28. The van der Waals surface area contributed by atoms with Crippen molar-refractivity contribution in [3.05, 3.63) is 28.8 Å². The number of aromatic hydroxyl groups is 1. The summed E-state index contributed by atoms with van der Waals surface area (Å²) in [4.78, 5) is 0. The summed E-state index contributed by atoms with van der Waals surface area (Å²) in [5.41, 5.74) is 0.603.